The first-order chi connectivity index (χ1) is 9.13. The van der Waals surface area contributed by atoms with Gasteiger partial charge in [0.05, 0.1) is 6.04 Å². The van der Waals surface area contributed by atoms with Gasteiger partial charge in [0.2, 0.25) is 0 Å². The molecule has 0 bridgehead atoms. The Kier molecular flexibility index (Phi) is 7.06. The topological polar surface area (TPSA) is 30.5 Å². The minimum absolute atomic E-state index is 0.0733. The third-order valence-electron chi connectivity index (χ3n) is 3.25. The van der Waals surface area contributed by atoms with Crippen LogP contribution in [0.25, 0.3) is 0 Å². The van der Waals surface area contributed by atoms with Crippen molar-refractivity contribution in [2.45, 2.75) is 47.0 Å². The summed E-state index contributed by atoms with van der Waals surface area (Å²) in [5, 5.41) is 3.47. The van der Waals surface area contributed by atoms with Gasteiger partial charge in [-0.1, -0.05) is 25.1 Å². The molecule has 0 aliphatic rings. The van der Waals surface area contributed by atoms with Crippen LogP contribution in [0.1, 0.15) is 43.5 Å². The van der Waals surface area contributed by atoms with Crippen LogP contribution in [0.5, 0.6) is 0 Å². The van der Waals surface area contributed by atoms with Gasteiger partial charge in [-0.3, -0.25) is 0 Å². The molecule has 0 aliphatic carbocycles. The first kappa shape index (κ1) is 16.2. The zero-order valence-electron chi connectivity index (χ0n) is 12.8. The molecule has 0 amide bonds. The van der Waals surface area contributed by atoms with E-state index in [9.17, 15) is 0 Å². The van der Waals surface area contributed by atoms with Gasteiger partial charge < -0.3 is 14.8 Å². The number of hydrogen-bond donors (Lipinski definition) is 1. The second-order valence-electron chi connectivity index (χ2n) is 4.66. The maximum absolute atomic E-state index is 5.74. The van der Waals surface area contributed by atoms with E-state index >= 15 is 0 Å². The zero-order chi connectivity index (χ0) is 14.3. The fourth-order valence-electron chi connectivity index (χ4n) is 2.12. The van der Waals surface area contributed by atoms with Crippen LogP contribution < -0.4 is 5.32 Å². The van der Waals surface area contributed by atoms with Crippen LogP contribution in [0.4, 0.5) is 0 Å². The molecule has 0 aromatic heterocycles. The highest BCUT2D eigenvalue weighted by atomic mass is 16.7. The predicted molar refractivity (Wildman–Crippen MR) is 79.4 cm³/mol. The van der Waals surface area contributed by atoms with E-state index in [1.165, 1.54) is 16.7 Å². The van der Waals surface area contributed by atoms with Gasteiger partial charge in [0, 0.05) is 13.2 Å². The summed E-state index contributed by atoms with van der Waals surface area (Å²) >= 11 is 0. The molecule has 0 saturated carbocycles. The number of likely N-dealkylation sites (N-methyl/N-ethyl adjacent to an activating group) is 1. The normalized spacial score (nSPS) is 12.9. The SMILES string of the molecule is CCNC(c1ccc(C)c(C)c1)C(OCC)OCC. The van der Waals surface area contributed by atoms with Gasteiger partial charge in [0.25, 0.3) is 0 Å². The van der Waals surface area contributed by atoms with Crippen molar-refractivity contribution in [1.82, 2.24) is 5.32 Å². The fourth-order valence-corrected chi connectivity index (χ4v) is 2.12. The van der Waals surface area contributed by atoms with E-state index in [2.05, 4.69) is 44.3 Å². The predicted octanol–water partition coefficient (Wildman–Crippen LogP) is 3.35. The molecule has 1 aromatic carbocycles. The number of nitrogens with one attached hydrogen (secondary N) is 1. The molecule has 0 spiro atoms. The standard InChI is InChI=1S/C16H27NO2/c1-6-17-15(16(18-7-2)19-8-3)14-10-9-12(4)13(5)11-14/h9-11,15-17H,6-8H2,1-5H3. The highest BCUT2D eigenvalue weighted by molar-refractivity contribution is 5.32. The zero-order valence-corrected chi connectivity index (χ0v) is 12.8. The van der Waals surface area contributed by atoms with Crippen LogP contribution in [0.15, 0.2) is 18.2 Å². The van der Waals surface area contributed by atoms with Gasteiger partial charge in [-0.25, -0.2) is 0 Å². The summed E-state index contributed by atoms with van der Waals surface area (Å²) in [6, 6.07) is 6.60. The lowest BCUT2D eigenvalue weighted by atomic mass is 10.0. The first-order valence-corrected chi connectivity index (χ1v) is 7.17. The molecule has 1 aromatic rings. The molecule has 0 radical (unpaired) electrons. The third kappa shape index (κ3) is 4.60. The molecule has 1 unspecified atom stereocenters. The number of benzene rings is 1. The van der Waals surface area contributed by atoms with E-state index in [1.54, 1.807) is 0 Å². The lowest BCUT2D eigenvalue weighted by Gasteiger charge is -2.28. The molecular formula is C16H27NO2. The molecule has 0 fully saturated rings. The van der Waals surface area contributed by atoms with E-state index in [0.29, 0.717) is 13.2 Å². The molecule has 3 heteroatoms. The second-order valence-corrected chi connectivity index (χ2v) is 4.66. The van der Waals surface area contributed by atoms with Crippen molar-refractivity contribution >= 4 is 0 Å². The maximum atomic E-state index is 5.74. The quantitative estimate of drug-likeness (QED) is 0.731. The molecule has 3 nitrogen and oxygen atoms in total. The van der Waals surface area contributed by atoms with Gasteiger partial charge in [-0.05, 0) is 50.9 Å². The minimum Gasteiger partial charge on any atom is -0.351 e. The Morgan fingerprint density at radius 1 is 1.00 bits per heavy atom. The summed E-state index contributed by atoms with van der Waals surface area (Å²) in [6.45, 7) is 12.5. The maximum Gasteiger partial charge on any atom is 0.176 e. The van der Waals surface area contributed by atoms with Gasteiger partial charge >= 0.3 is 0 Å². The Balaban J connectivity index is 2.98. The van der Waals surface area contributed by atoms with E-state index in [4.69, 9.17) is 9.47 Å². The number of aryl methyl sites for hydroxylation is 2. The second kappa shape index (κ2) is 8.31. The van der Waals surface area contributed by atoms with Crippen molar-refractivity contribution in [3.05, 3.63) is 34.9 Å². The van der Waals surface area contributed by atoms with E-state index < -0.39 is 0 Å². The molecule has 0 heterocycles. The molecule has 0 saturated heterocycles. The molecule has 1 atom stereocenters. The van der Waals surface area contributed by atoms with Gasteiger partial charge in [-0.15, -0.1) is 0 Å². The van der Waals surface area contributed by atoms with Crippen LogP contribution in [0, 0.1) is 13.8 Å². The van der Waals surface area contributed by atoms with Crippen LogP contribution in [-0.4, -0.2) is 26.0 Å². The molecular weight excluding hydrogens is 238 g/mol. The summed E-state index contributed by atoms with van der Waals surface area (Å²) in [5.74, 6) is 0. The average molecular weight is 265 g/mol. The van der Waals surface area contributed by atoms with Crippen molar-refractivity contribution in [3.8, 4) is 0 Å². The van der Waals surface area contributed by atoms with Crippen molar-refractivity contribution in [2.24, 2.45) is 0 Å². The monoisotopic (exact) mass is 265 g/mol. The molecule has 1 N–H and O–H groups in total. The van der Waals surface area contributed by atoms with E-state index in [1.807, 2.05) is 13.8 Å². The Labute approximate surface area is 117 Å². The Bertz CT molecular complexity index is 373. The van der Waals surface area contributed by atoms with Crippen molar-refractivity contribution < 1.29 is 9.47 Å². The van der Waals surface area contributed by atoms with Gasteiger partial charge in [0.1, 0.15) is 0 Å². The molecule has 0 aliphatic heterocycles. The summed E-state index contributed by atoms with van der Waals surface area (Å²) in [6.07, 6.45) is -0.239. The van der Waals surface area contributed by atoms with Gasteiger partial charge in [0.15, 0.2) is 6.29 Å². The lowest BCUT2D eigenvalue weighted by Crippen LogP contribution is -2.36. The highest BCUT2D eigenvalue weighted by Crippen LogP contribution is 2.23. The van der Waals surface area contributed by atoms with Crippen molar-refractivity contribution in [1.29, 1.82) is 0 Å². The minimum atomic E-state index is -0.239. The van der Waals surface area contributed by atoms with Crippen LogP contribution in [-0.2, 0) is 9.47 Å². The molecule has 19 heavy (non-hydrogen) atoms. The highest BCUT2D eigenvalue weighted by Gasteiger charge is 2.23. The van der Waals surface area contributed by atoms with Crippen molar-refractivity contribution in [2.75, 3.05) is 19.8 Å². The average Bonchev–Trinajstić information content (AvgIpc) is 2.39. The van der Waals surface area contributed by atoms with E-state index in [0.717, 1.165) is 6.54 Å². The number of rotatable bonds is 8. The summed E-state index contributed by atoms with van der Waals surface area (Å²) in [4.78, 5) is 0. The molecule has 108 valence electrons. The van der Waals surface area contributed by atoms with E-state index in [-0.39, 0.29) is 12.3 Å². The third-order valence-corrected chi connectivity index (χ3v) is 3.25. The fraction of sp³-hybridized carbons (Fsp3) is 0.625. The largest absolute Gasteiger partial charge is 0.351 e. The molecule has 1 rings (SSSR count). The van der Waals surface area contributed by atoms with Crippen molar-refractivity contribution in [3.63, 3.8) is 0 Å². The van der Waals surface area contributed by atoms with Crippen LogP contribution in [0.2, 0.25) is 0 Å². The Hall–Kier alpha value is -0.900. The van der Waals surface area contributed by atoms with Crippen LogP contribution >= 0.6 is 0 Å². The Morgan fingerprint density at radius 2 is 1.63 bits per heavy atom. The lowest BCUT2D eigenvalue weighted by molar-refractivity contribution is -0.155. The summed E-state index contributed by atoms with van der Waals surface area (Å²) in [5.41, 5.74) is 3.83. The smallest absolute Gasteiger partial charge is 0.176 e. The number of ether oxygens (including phenoxy) is 2. The summed E-state index contributed by atoms with van der Waals surface area (Å²) < 4.78 is 11.5. The van der Waals surface area contributed by atoms with Crippen LogP contribution in [0.3, 0.4) is 0 Å². The first-order valence-electron chi connectivity index (χ1n) is 7.17. The van der Waals surface area contributed by atoms with Gasteiger partial charge in [-0.2, -0.15) is 0 Å². The summed E-state index contributed by atoms with van der Waals surface area (Å²) in [7, 11) is 0. The number of hydrogen-bond acceptors (Lipinski definition) is 3. The Morgan fingerprint density at radius 3 is 2.11 bits per heavy atom.